The standard InChI is InChI=1S/C17H21N5O2/c1-21-15-4-2-12(8-13(15)3-5-17(21)23)9-18-14-10-24-11-16(14)22-7-6-19-20-22/h2,4,6-8,14,16,18H,3,5,9-11H2,1H3/t14-,16+/m0/s1. The number of amides is 1. The van der Waals surface area contributed by atoms with E-state index in [1.807, 2.05) is 24.0 Å². The zero-order valence-corrected chi connectivity index (χ0v) is 13.7. The number of rotatable bonds is 4. The van der Waals surface area contributed by atoms with E-state index < -0.39 is 0 Å². The van der Waals surface area contributed by atoms with Crippen molar-refractivity contribution in [3.63, 3.8) is 0 Å². The molecule has 0 radical (unpaired) electrons. The van der Waals surface area contributed by atoms with E-state index in [1.54, 1.807) is 11.1 Å². The lowest BCUT2D eigenvalue weighted by Crippen LogP contribution is -2.37. The van der Waals surface area contributed by atoms with Crippen molar-refractivity contribution in [3.05, 3.63) is 41.7 Å². The second-order valence-corrected chi connectivity index (χ2v) is 6.39. The van der Waals surface area contributed by atoms with Gasteiger partial charge in [-0.2, -0.15) is 0 Å². The Hall–Kier alpha value is -2.25. The van der Waals surface area contributed by atoms with E-state index >= 15 is 0 Å². The zero-order valence-electron chi connectivity index (χ0n) is 13.7. The normalized spacial score (nSPS) is 23.5. The molecule has 126 valence electrons. The number of aryl methyl sites for hydroxylation is 1. The van der Waals surface area contributed by atoms with Gasteiger partial charge in [0.05, 0.1) is 31.5 Å². The third-order valence-electron chi connectivity index (χ3n) is 4.89. The van der Waals surface area contributed by atoms with E-state index in [4.69, 9.17) is 4.74 Å². The van der Waals surface area contributed by atoms with Crippen LogP contribution in [-0.2, 0) is 22.5 Å². The number of ether oxygens (including phenoxy) is 1. The highest BCUT2D eigenvalue weighted by Gasteiger charge is 2.30. The molecule has 4 rings (SSSR count). The van der Waals surface area contributed by atoms with E-state index in [2.05, 4.69) is 27.8 Å². The monoisotopic (exact) mass is 327 g/mol. The molecule has 2 aromatic rings. The Morgan fingerprint density at radius 3 is 3.08 bits per heavy atom. The molecule has 7 nitrogen and oxygen atoms in total. The summed E-state index contributed by atoms with van der Waals surface area (Å²) in [6.07, 6.45) is 4.97. The summed E-state index contributed by atoms with van der Waals surface area (Å²) in [5, 5.41) is 11.5. The van der Waals surface area contributed by atoms with Crippen molar-refractivity contribution in [2.75, 3.05) is 25.2 Å². The number of benzene rings is 1. The SMILES string of the molecule is CN1C(=O)CCc2cc(CN[C@H]3COC[C@H]3n3ccnn3)ccc21. The molecular formula is C17H21N5O2. The van der Waals surface area contributed by atoms with Crippen molar-refractivity contribution in [3.8, 4) is 0 Å². The fourth-order valence-electron chi connectivity index (χ4n) is 3.46. The summed E-state index contributed by atoms with van der Waals surface area (Å²) in [6, 6.07) is 6.72. The quantitative estimate of drug-likeness (QED) is 0.904. The lowest BCUT2D eigenvalue weighted by Gasteiger charge is -2.26. The summed E-state index contributed by atoms with van der Waals surface area (Å²) in [4.78, 5) is 13.5. The molecule has 7 heteroatoms. The van der Waals surface area contributed by atoms with Crippen LogP contribution < -0.4 is 10.2 Å². The molecule has 1 aromatic carbocycles. The Labute approximate surface area is 140 Å². The summed E-state index contributed by atoms with van der Waals surface area (Å²) < 4.78 is 7.46. The highest BCUT2D eigenvalue weighted by molar-refractivity contribution is 5.95. The Morgan fingerprint density at radius 2 is 2.25 bits per heavy atom. The van der Waals surface area contributed by atoms with Gasteiger partial charge in [0, 0.05) is 31.9 Å². The molecule has 0 bridgehead atoms. The minimum absolute atomic E-state index is 0.175. The van der Waals surface area contributed by atoms with Crippen LogP contribution in [0.4, 0.5) is 5.69 Å². The maximum atomic E-state index is 11.8. The average Bonchev–Trinajstić information content (AvgIpc) is 3.27. The highest BCUT2D eigenvalue weighted by Crippen LogP contribution is 2.27. The molecule has 1 fully saturated rings. The largest absolute Gasteiger partial charge is 0.377 e. The summed E-state index contributed by atoms with van der Waals surface area (Å²) in [6.45, 7) is 2.09. The lowest BCUT2D eigenvalue weighted by atomic mass is 9.99. The van der Waals surface area contributed by atoms with Crippen molar-refractivity contribution in [1.82, 2.24) is 20.3 Å². The molecule has 2 aliphatic rings. The summed E-state index contributed by atoms with van der Waals surface area (Å²) in [5.74, 6) is 0.187. The number of carbonyl (C=O) groups excluding carboxylic acids is 1. The number of nitrogens with one attached hydrogen (secondary N) is 1. The molecule has 2 atom stereocenters. The predicted octanol–water partition coefficient (Wildman–Crippen LogP) is 0.917. The van der Waals surface area contributed by atoms with Crippen molar-refractivity contribution < 1.29 is 9.53 Å². The van der Waals surface area contributed by atoms with Crippen LogP contribution in [0.15, 0.2) is 30.6 Å². The van der Waals surface area contributed by atoms with Crippen LogP contribution in [0.3, 0.4) is 0 Å². The van der Waals surface area contributed by atoms with Gasteiger partial charge in [0.1, 0.15) is 0 Å². The maximum Gasteiger partial charge on any atom is 0.227 e. The van der Waals surface area contributed by atoms with E-state index in [9.17, 15) is 4.79 Å². The summed E-state index contributed by atoms with van der Waals surface area (Å²) in [5.41, 5.74) is 3.49. The van der Waals surface area contributed by atoms with E-state index in [1.165, 1.54) is 11.1 Å². The first-order valence-electron chi connectivity index (χ1n) is 8.27. The molecule has 1 aromatic heterocycles. The summed E-state index contributed by atoms with van der Waals surface area (Å²) >= 11 is 0. The minimum atomic E-state index is 0.175. The number of fused-ring (bicyclic) bond motifs is 1. The Bertz CT molecular complexity index is 731. The predicted molar refractivity (Wildman–Crippen MR) is 88.7 cm³/mol. The van der Waals surface area contributed by atoms with Crippen molar-refractivity contribution >= 4 is 11.6 Å². The maximum absolute atomic E-state index is 11.8. The van der Waals surface area contributed by atoms with Gasteiger partial charge in [-0.15, -0.1) is 5.10 Å². The molecule has 2 aliphatic heterocycles. The first-order chi connectivity index (χ1) is 11.7. The third-order valence-corrected chi connectivity index (χ3v) is 4.89. The van der Waals surface area contributed by atoms with Crippen molar-refractivity contribution in [1.29, 1.82) is 0 Å². The van der Waals surface area contributed by atoms with Gasteiger partial charge in [0.25, 0.3) is 0 Å². The molecule has 0 saturated carbocycles. The van der Waals surface area contributed by atoms with Gasteiger partial charge in [-0.05, 0) is 23.6 Å². The number of carbonyl (C=O) groups is 1. The first kappa shape index (κ1) is 15.3. The van der Waals surface area contributed by atoms with E-state index in [0.29, 0.717) is 19.6 Å². The first-order valence-corrected chi connectivity index (χ1v) is 8.27. The fraction of sp³-hybridized carbons (Fsp3) is 0.471. The van der Waals surface area contributed by atoms with Crippen LogP contribution in [0.5, 0.6) is 0 Å². The number of hydrogen-bond acceptors (Lipinski definition) is 5. The Morgan fingerprint density at radius 1 is 1.33 bits per heavy atom. The van der Waals surface area contributed by atoms with Crippen molar-refractivity contribution in [2.45, 2.75) is 31.5 Å². The second kappa shape index (κ2) is 6.33. The van der Waals surface area contributed by atoms with Gasteiger partial charge in [0.2, 0.25) is 5.91 Å². The van der Waals surface area contributed by atoms with Crippen LogP contribution in [-0.4, -0.2) is 47.2 Å². The molecule has 0 unspecified atom stereocenters. The van der Waals surface area contributed by atoms with Gasteiger partial charge in [-0.1, -0.05) is 17.3 Å². The van der Waals surface area contributed by atoms with Crippen LogP contribution in [0.1, 0.15) is 23.6 Å². The van der Waals surface area contributed by atoms with Gasteiger partial charge >= 0.3 is 0 Å². The van der Waals surface area contributed by atoms with Crippen LogP contribution >= 0.6 is 0 Å². The third kappa shape index (κ3) is 2.81. The second-order valence-electron chi connectivity index (χ2n) is 6.39. The van der Waals surface area contributed by atoms with Crippen LogP contribution in [0, 0.1) is 0 Å². The topological polar surface area (TPSA) is 72.3 Å². The number of aromatic nitrogens is 3. The highest BCUT2D eigenvalue weighted by atomic mass is 16.5. The molecule has 1 amide bonds. The lowest BCUT2D eigenvalue weighted by molar-refractivity contribution is -0.118. The molecule has 1 N–H and O–H groups in total. The van der Waals surface area contributed by atoms with E-state index in [-0.39, 0.29) is 18.0 Å². The Kier molecular flexibility index (Phi) is 4.03. The van der Waals surface area contributed by atoms with Gasteiger partial charge in [-0.3, -0.25) is 4.79 Å². The fourth-order valence-corrected chi connectivity index (χ4v) is 3.46. The Balaban J connectivity index is 1.44. The van der Waals surface area contributed by atoms with E-state index in [0.717, 1.165) is 18.7 Å². The van der Waals surface area contributed by atoms with Gasteiger partial charge < -0.3 is 15.0 Å². The molecule has 1 saturated heterocycles. The molecule has 0 spiro atoms. The van der Waals surface area contributed by atoms with Crippen molar-refractivity contribution in [2.24, 2.45) is 0 Å². The summed E-state index contributed by atoms with van der Waals surface area (Å²) in [7, 11) is 1.84. The smallest absolute Gasteiger partial charge is 0.227 e. The van der Waals surface area contributed by atoms with Gasteiger partial charge in [0.15, 0.2) is 0 Å². The molecule has 0 aliphatic carbocycles. The molecule has 24 heavy (non-hydrogen) atoms. The van der Waals surface area contributed by atoms with Gasteiger partial charge in [-0.25, -0.2) is 4.68 Å². The average molecular weight is 327 g/mol. The molecule has 3 heterocycles. The minimum Gasteiger partial charge on any atom is -0.377 e. The zero-order chi connectivity index (χ0) is 16.5. The van der Waals surface area contributed by atoms with Crippen LogP contribution in [0.25, 0.3) is 0 Å². The number of nitrogens with zero attached hydrogens (tertiary/aromatic N) is 4. The van der Waals surface area contributed by atoms with Crippen LogP contribution in [0.2, 0.25) is 0 Å². The number of anilines is 1. The molecular weight excluding hydrogens is 306 g/mol. The number of hydrogen-bond donors (Lipinski definition) is 1.